The molecule has 0 radical (unpaired) electrons. The minimum atomic E-state index is -0.573. The van der Waals surface area contributed by atoms with Crippen molar-refractivity contribution in [3.05, 3.63) is 58.7 Å². The van der Waals surface area contributed by atoms with Crippen LogP contribution in [0.15, 0.2) is 36.4 Å². The molecule has 1 fully saturated rings. The van der Waals surface area contributed by atoms with Gasteiger partial charge in [-0.05, 0) is 61.1 Å². The van der Waals surface area contributed by atoms with Gasteiger partial charge in [0.15, 0.2) is 6.61 Å². The summed E-state index contributed by atoms with van der Waals surface area (Å²) in [6.45, 7) is 7.98. The van der Waals surface area contributed by atoms with E-state index in [0.717, 1.165) is 40.8 Å². The summed E-state index contributed by atoms with van der Waals surface area (Å²) in [6.07, 6.45) is 1.71. The fourth-order valence-electron chi connectivity index (χ4n) is 3.91. The molecule has 2 aromatic carbocycles. The van der Waals surface area contributed by atoms with Crippen LogP contribution in [0.25, 0.3) is 0 Å². The summed E-state index contributed by atoms with van der Waals surface area (Å²) >= 11 is 0. The van der Waals surface area contributed by atoms with Gasteiger partial charge in [-0.1, -0.05) is 38.1 Å². The van der Waals surface area contributed by atoms with Crippen molar-refractivity contribution in [3.8, 4) is 0 Å². The van der Waals surface area contributed by atoms with Crippen LogP contribution < -0.4 is 10.2 Å². The van der Waals surface area contributed by atoms with E-state index in [0.29, 0.717) is 5.69 Å². The van der Waals surface area contributed by atoms with Gasteiger partial charge in [0.2, 0.25) is 5.91 Å². The van der Waals surface area contributed by atoms with Crippen molar-refractivity contribution < 1.29 is 19.1 Å². The maximum atomic E-state index is 12.7. The zero-order valence-electron chi connectivity index (χ0n) is 18.7. The highest BCUT2D eigenvalue weighted by molar-refractivity contribution is 6.01. The average Bonchev–Trinajstić information content (AvgIpc) is 3.15. The van der Waals surface area contributed by atoms with E-state index >= 15 is 0 Å². The number of benzene rings is 2. The third kappa shape index (κ3) is 5.13. The molecule has 2 aromatic rings. The number of amides is 2. The number of nitrogens with zero attached hydrogens (tertiary/aromatic N) is 1. The molecule has 1 N–H and O–H groups in total. The van der Waals surface area contributed by atoms with Crippen LogP contribution in [-0.2, 0) is 32.0 Å². The summed E-state index contributed by atoms with van der Waals surface area (Å²) in [6, 6.07) is 11.6. The third-order valence-corrected chi connectivity index (χ3v) is 5.83. The van der Waals surface area contributed by atoms with E-state index in [4.69, 9.17) is 4.74 Å². The number of carbonyl (C=O) groups excluding carboxylic acids is 3. The first kappa shape index (κ1) is 22.5. The maximum absolute atomic E-state index is 12.7. The summed E-state index contributed by atoms with van der Waals surface area (Å²) < 4.78 is 5.23. The molecule has 6 nitrogen and oxygen atoms in total. The molecule has 0 unspecified atom stereocenters. The largest absolute Gasteiger partial charge is 0.455 e. The average molecular weight is 423 g/mol. The highest BCUT2D eigenvalue weighted by Crippen LogP contribution is 2.32. The van der Waals surface area contributed by atoms with Crippen molar-refractivity contribution in [3.63, 3.8) is 0 Å². The molecule has 1 aliphatic rings. The van der Waals surface area contributed by atoms with E-state index < -0.39 is 17.8 Å². The predicted molar refractivity (Wildman–Crippen MR) is 121 cm³/mol. The molecule has 0 aromatic heterocycles. The van der Waals surface area contributed by atoms with E-state index in [9.17, 15) is 14.4 Å². The summed E-state index contributed by atoms with van der Waals surface area (Å²) in [5.74, 6) is -1.57. The smallest absolute Gasteiger partial charge is 0.311 e. The predicted octanol–water partition coefficient (Wildman–Crippen LogP) is 3.96. The van der Waals surface area contributed by atoms with Gasteiger partial charge in [-0.2, -0.15) is 0 Å². The highest BCUT2D eigenvalue weighted by atomic mass is 16.5. The lowest BCUT2D eigenvalue weighted by Crippen LogP contribution is -2.29. The normalized spacial score (nSPS) is 15.8. The SMILES string of the molecule is CCc1cccc(CC)c1N1C[C@H](C(=O)OCC(=O)Nc2ccc(C)c(C)c2)CC1=O. The van der Waals surface area contributed by atoms with Crippen molar-refractivity contribution in [2.45, 2.75) is 47.0 Å². The monoisotopic (exact) mass is 422 g/mol. The van der Waals surface area contributed by atoms with Crippen LogP contribution in [0.3, 0.4) is 0 Å². The van der Waals surface area contributed by atoms with Gasteiger partial charge in [0.05, 0.1) is 5.92 Å². The molecule has 0 bridgehead atoms. The molecular weight excluding hydrogens is 392 g/mol. The number of nitrogens with one attached hydrogen (secondary N) is 1. The van der Waals surface area contributed by atoms with Crippen LogP contribution in [0.4, 0.5) is 11.4 Å². The van der Waals surface area contributed by atoms with Crippen molar-refractivity contribution >= 4 is 29.2 Å². The summed E-state index contributed by atoms with van der Waals surface area (Å²) in [5.41, 5.74) is 5.97. The van der Waals surface area contributed by atoms with Gasteiger partial charge in [-0.15, -0.1) is 0 Å². The number of rotatable bonds is 7. The fraction of sp³-hybridized carbons (Fsp3) is 0.400. The van der Waals surface area contributed by atoms with Gasteiger partial charge in [-0.25, -0.2) is 0 Å². The van der Waals surface area contributed by atoms with Crippen LogP contribution in [0.1, 0.15) is 42.5 Å². The molecule has 164 valence electrons. The molecule has 0 saturated carbocycles. The second-order valence-electron chi connectivity index (χ2n) is 7.99. The van der Waals surface area contributed by atoms with Crippen molar-refractivity contribution in [1.82, 2.24) is 0 Å². The lowest BCUT2D eigenvalue weighted by Gasteiger charge is -2.23. The Balaban J connectivity index is 1.61. The van der Waals surface area contributed by atoms with Gasteiger partial charge < -0.3 is 15.0 Å². The first-order valence-electron chi connectivity index (χ1n) is 10.8. The van der Waals surface area contributed by atoms with Crippen LogP contribution in [0, 0.1) is 19.8 Å². The Hall–Kier alpha value is -3.15. The second kappa shape index (κ2) is 9.77. The Bertz CT molecular complexity index is 977. The van der Waals surface area contributed by atoms with E-state index in [2.05, 4.69) is 19.2 Å². The molecule has 0 spiro atoms. The Kier molecular flexibility index (Phi) is 7.10. The zero-order valence-corrected chi connectivity index (χ0v) is 18.7. The molecule has 1 saturated heterocycles. The molecule has 3 rings (SSSR count). The third-order valence-electron chi connectivity index (χ3n) is 5.83. The summed E-state index contributed by atoms with van der Waals surface area (Å²) in [4.78, 5) is 39.1. The Morgan fingerprint density at radius 3 is 2.35 bits per heavy atom. The topological polar surface area (TPSA) is 75.7 Å². The second-order valence-corrected chi connectivity index (χ2v) is 7.99. The van der Waals surface area contributed by atoms with E-state index in [1.165, 1.54) is 0 Å². The zero-order chi connectivity index (χ0) is 22.5. The van der Waals surface area contributed by atoms with Gasteiger partial charge in [-0.3, -0.25) is 14.4 Å². The number of ether oxygens (including phenoxy) is 1. The standard InChI is InChI=1S/C25H30N2O4/c1-5-18-8-7-9-19(6-2)24(18)27-14-20(13-23(27)29)25(30)31-15-22(28)26-21-11-10-16(3)17(4)12-21/h7-12,20H,5-6,13-15H2,1-4H3,(H,26,28)/t20-/m1/s1. The van der Waals surface area contributed by atoms with Gasteiger partial charge in [0, 0.05) is 24.3 Å². The van der Waals surface area contributed by atoms with Crippen LogP contribution >= 0.6 is 0 Å². The first-order chi connectivity index (χ1) is 14.8. The van der Waals surface area contributed by atoms with Crippen molar-refractivity contribution in [2.75, 3.05) is 23.4 Å². The quantitative estimate of drug-likeness (QED) is 0.685. The molecule has 2 amide bonds. The van der Waals surface area contributed by atoms with Gasteiger partial charge in [0.25, 0.3) is 5.91 Å². The van der Waals surface area contributed by atoms with Crippen molar-refractivity contribution in [2.24, 2.45) is 5.92 Å². The number of esters is 1. The van der Waals surface area contributed by atoms with E-state index in [1.54, 1.807) is 4.90 Å². The summed E-state index contributed by atoms with van der Waals surface area (Å²) in [7, 11) is 0. The molecule has 6 heteroatoms. The van der Waals surface area contributed by atoms with Gasteiger partial charge >= 0.3 is 5.97 Å². The van der Waals surface area contributed by atoms with E-state index in [1.807, 2.05) is 50.2 Å². The minimum Gasteiger partial charge on any atom is -0.455 e. The molecule has 1 aliphatic heterocycles. The lowest BCUT2D eigenvalue weighted by atomic mass is 10.0. The van der Waals surface area contributed by atoms with Crippen LogP contribution in [0.5, 0.6) is 0 Å². The maximum Gasteiger partial charge on any atom is 0.311 e. The molecule has 31 heavy (non-hydrogen) atoms. The number of para-hydroxylation sites is 1. The highest BCUT2D eigenvalue weighted by Gasteiger charge is 2.37. The number of aryl methyl sites for hydroxylation is 4. The molecule has 1 atom stereocenters. The molecule has 0 aliphatic carbocycles. The Morgan fingerprint density at radius 2 is 1.74 bits per heavy atom. The van der Waals surface area contributed by atoms with Crippen LogP contribution in [-0.4, -0.2) is 30.9 Å². The van der Waals surface area contributed by atoms with E-state index in [-0.39, 0.29) is 25.5 Å². The Labute approximate surface area is 183 Å². The molecular formula is C25H30N2O4. The van der Waals surface area contributed by atoms with Gasteiger partial charge in [0.1, 0.15) is 0 Å². The number of hydrogen-bond acceptors (Lipinski definition) is 4. The minimum absolute atomic E-state index is 0.0860. The lowest BCUT2D eigenvalue weighted by molar-refractivity contribution is -0.151. The van der Waals surface area contributed by atoms with Crippen LogP contribution in [0.2, 0.25) is 0 Å². The van der Waals surface area contributed by atoms with Crippen molar-refractivity contribution in [1.29, 1.82) is 0 Å². The number of hydrogen-bond donors (Lipinski definition) is 1. The first-order valence-corrected chi connectivity index (χ1v) is 10.8. The number of carbonyl (C=O) groups is 3. The Morgan fingerprint density at radius 1 is 1.06 bits per heavy atom. The fourth-order valence-corrected chi connectivity index (χ4v) is 3.91. The number of anilines is 2. The molecule has 1 heterocycles. The summed E-state index contributed by atoms with van der Waals surface area (Å²) in [5, 5.41) is 2.74.